The van der Waals surface area contributed by atoms with Crippen LogP contribution in [0, 0.1) is 50.2 Å². The smallest absolute Gasteiger partial charge is 0.314 e. The second-order valence-corrected chi connectivity index (χ2v) is 15.3. The number of aliphatic carboxylic acids is 1. The average Bonchev–Trinajstić information content (AvgIpc) is 2.70. The minimum absolute atomic E-state index is 0.0231. The van der Waals surface area contributed by atoms with Crippen LogP contribution in [0.25, 0.3) is 0 Å². The fraction of sp³-hybridized carbons (Fsp3) is 0.900. The average molecular weight is 473 g/mol. The van der Waals surface area contributed by atoms with Crippen molar-refractivity contribution in [1.82, 2.24) is 0 Å². The molecule has 5 rings (SSSR count). The van der Waals surface area contributed by atoms with Crippen LogP contribution in [0.1, 0.15) is 106 Å². The predicted molar refractivity (Wildman–Crippen MR) is 134 cm³/mol. The molecule has 0 aromatic rings. The van der Waals surface area contributed by atoms with Gasteiger partial charge in [-0.1, -0.05) is 60.1 Å². The molecule has 0 spiro atoms. The highest BCUT2D eigenvalue weighted by atomic mass is 16.4. The lowest BCUT2D eigenvalue weighted by atomic mass is 9.33. The summed E-state index contributed by atoms with van der Waals surface area (Å²) in [5.74, 6) is -0.182. The van der Waals surface area contributed by atoms with Crippen molar-refractivity contribution in [2.75, 3.05) is 0 Å². The van der Waals surface area contributed by atoms with Crippen LogP contribution in [0.3, 0.4) is 0 Å². The van der Waals surface area contributed by atoms with Crippen LogP contribution >= 0.6 is 0 Å². The highest BCUT2D eigenvalue weighted by Crippen LogP contribution is 2.75. The van der Waals surface area contributed by atoms with Gasteiger partial charge < -0.3 is 15.3 Å². The molecular formula is C30H48O4. The Hall–Kier alpha value is -0.870. The first-order chi connectivity index (χ1) is 15.6. The third-order valence-corrected chi connectivity index (χ3v) is 12.7. The van der Waals surface area contributed by atoms with Crippen LogP contribution in [0.2, 0.25) is 0 Å². The first-order valence-corrected chi connectivity index (χ1v) is 13.9. The Morgan fingerprint density at radius 2 is 1.56 bits per heavy atom. The van der Waals surface area contributed by atoms with Gasteiger partial charge in [0.1, 0.15) is 0 Å². The zero-order valence-corrected chi connectivity index (χ0v) is 22.6. The molecule has 192 valence electrons. The normalized spacial score (nSPS) is 53.4. The highest BCUT2D eigenvalue weighted by molar-refractivity contribution is 5.81. The number of hydrogen-bond donors (Lipinski definition) is 3. The van der Waals surface area contributed by atoms with Crippen molar-refractivity contribution in [2.45, 2.75) is 118 Å². The summed E-state index contributed by atoms with van der Waals surface area (Å²) in [5, 5.41) is 33.7. The van der Waals surface area contributed by atoms with Crippen LogP contribution in [0.5, 0.6) is 0 Å². The van der Waals surface area contributed by atoms with E-state index in [1.807, 2.05) is 0 Å². The fourth-order valence-electron chi connectivity index (χ4n) is 10.8. The number of fused-ring (bicyclic) bond motifs is 7. The third-order valence-electron chi connectivity index (χ3n) is 12.7. The summed E-state index contributed by atoms with van der Waals surface area (Å²) in [7, 11) is 0. The summed E-state index contributed by atoms with van der Waals surface area (Å²) in [6, 6.07) is 0. The van der Waals surface area contributed by atoms with E-state index in [-0.39, 0.29) is 33.5 Å². The maximum absolute atomic E-state index is 13.5. The molecule has 0 aliphatic heterocycles. The van der Waals surface area contributed by atoms with Crippen molar-refractivity contribution in [2.24, 2.45) is 50.2 Å². The molecule has 1 unspecified atom stereocenters. The van der Waals surface area contributed by atoms with E-state index in [0.29, 0.717) is 18.8 Å². The number of carboxylic acids is 1. The molecule has 0 saturated heterocycles. The Morgan fingerprint density at radius 3 is 2.21 bits per heavy atom. The van der Waals surface area contributed by atoms with Gasteiger partial charge in [0.2, 0.25) is 0 Å². The maximum atomic E-state index is 13.5. The van der Waals surface area contributed by atoms with E-state index in [1.54, 1.807) is 0 Å². The van der Waals surface area contributed by atoms with Gasteiger partial charge >= 0.3 is 5.97 Å². The maximum Gasteiger partial charge on any atom is 0.314 e. The van der Waals surface area contributed by atoms with Crippen molar-refractivity contribution in [3.05, 3.63) is 11.6 Å². The molecule has 0 bridgehead atoms. The number of allylic oxidation sites excluding steroid dienone is 1. The zero-order valence-electron chi connectivity index (χ0n) is 22.6. The molecule has 4 fully saturated rings. The van der Waals surface area contributed by atoms with E-state index in [9.17, 15) is 20.1 Å². The minimum atomic E-state index is -0.900. The van der Waals surface area contributed by atoms with Gasteiger partial charge in [-0.3, -0.25) is 4.79 Å². The number of rotatable bonds is 1. The fourth-order valence-corrected chi connectivity index (χ4v) is 10.8. The first kappa shape index (κ1) is 24.8. The Bertz CT molecular complexity index is 919. The van der Waals surface area contributed by atoms with Crippen molar-refractivity contribution in [3.63, 3.8) is 0 Å². The molecule has 0 aromatic carbocycles. The van der Waals surface area contributed by atoms with Gasteiger partial charge in [0.25, 0.3) is 0 Å². The van der Waals surface area contributed by atoms with Gasteiger partial charge in [-0.25, -0.2) is 0 Å². The molecule has 0 amide bonds. The topological polar surface area (TPSA) is 77.8 Å². The molecule has 4 heteroatoms. The summed E-state index contributed by atoms with van der Waals surface area (Å²) in [6.07, 6.45) is 9.45. The summed E-state index contributed by atoms with van der Waals surface area (Å²) in [4.78, 5) is 13.5. The number of hydrogen-bond acceptors (Lipinski definition) is 3. The van der Waals surface area contributed by atoms with E-state index >= 15 is 0 Å². The van der Waals surface area contributed by atoms with E-state index in [0.717, 1.165) is 32.1 Å². The Labute approximate surface area is 206 Å². The lowest BCUT2D eigenvalue weighted by molar-refractivity contribution is -0.245. The SMILES string of the molecule is CC1(C)CC[C@]2(C)CC[C@]3(C(=O)O)C(=CC[C@@H]4[C@@]5(C)CC[C@H](O)C(C)(C)C5[C@H](O)C[C@]43C)[C@H]2C1. The van der Waals surface area contributed by atoms with Gasteiger partial charge in [0.15, 0.2) is 0 Å². The van der Waals surface area contributed by atoms with Crippen molar-refractivity contribution < 1.29 is 20.1 Å². The van der Waals surface area contributed by atoms with Crippen LogP contribution in [0.15, 0.2) is 11.6 Å². The molecule has 5 aliphatic rings. The second kappa shape index (κ2) is 7.12. The lowest BCUT2D eigenvalue weighted by Crippen LogP contribution is -2.69. The van der Waals surface area contributed by atoms with Crippen LogP contribution in [-0.4, -0.2) is 33.5 Å². The molecule has 0 aromatic heterocycles. The van der Waals surface area contributed by atoms with E-state index < -0.39 is 29.0 Å². The van der Waals surface area contributed by atoms with Crippen LogP contribution < -0.4 is 0 Å². The molecule has 0 heterocycles. The van der Waals surface area contributed by atoms with Crippen molar-refractivity contribution in [1.29, 1.82) is 0 Å². The third kappa shape index (κ3) is 2.88. The quantitative estimate of drug-likeness (QED) is 0.397. The minimum Gasteiger partial charge on any atom is -0.481 e. The summed E-state index contributed by atoms with van der Waals surface area (Å²) in [5.41, 5.74) is -0.349. The lowest BCUT2D eigenvalue weighted by Gasteiger charge is -2.71. The van der Waals surface area contributed by atoms with Gasteiger partial charge in [-0.2, -0.15) is 0 Å². The molecule has 4 saturated carbocycles. The molecule has 34 heavy (non-hydrogen) atoms. The molecule has 3 N–H and O–H groups in total. The number of aliphatic hydroxyl groups is 2. The van der Waals surface area contributed by atoms with Crippen LogP contribution in [-0.2, 0) is 4.79 Å². The molecular weight excluding hydrogens is 424 g/mol. The number of carbonyl (C=O) groups is 1. The van der Waals surface area contributed by atoms with Gasteiger partial charge in [-0.15, -0.1) is 0 Å². The van der Waals surface area contributed by atoms with E-state index in [1.165, 1.54) is 18.4 Å². The highest BCUT2D eigenvalue weighted by Gasteiger charge is 2.73. The first-order valence-electron chi connectivity index (χ1n) is 13.9. The number of carboxylic acid groups (broad SMARTS) is 1. The van der Waals surface area contributed by atoms with Gasteiger partial charge in [0.05, 0.1) is 17.6 Å². The van der Waals surface area contributed by atoms with E-state index in [2.05, 4.69) is 54.5 Å². The van der Waals surface area contributed by atoms with E-state index in [4.69, 9.17) is 0 Å². The van der Waals surface area contributed by atoms with Crippen LogP contribution in [0.4, 0.5) is 0 Å². The zero-order chi connectivity index (χ0) is 25.1. The summed E-state index contributed by atoms with van der Waals surface area (Å²) in [6.45, 7) is 15.9. The summed E-state index contributed by atoms with van der Waals surface area (Å²) >= 11 is 0. The van der Waals surface area contributed by atoms with Crippen molar-refractivity contribution >= 4 is 5.97 Å². The monoisotopic (exact) mass is 472 g/mol. The van der Waals surface area contributed by atoms with Crippen molar-refractivity contribution in [3.8, 4) is 0 Å². The van der Waals surface area contributed by atoms with Gasteiger partial charge in [0, 0.05) is 0 Å². The molecule has 0 radical (unpaired) electrons. The Morgan fingerprint density at radius 1 is 0.912 bits per heavy atom. The Balaban J connectivity index is 1.67. The Kier molecular flexibility index (Phi) is 5.20. The summed E-state index contributed by atoms with van der Waals surface area (Å²) < 4.78 is 0. The molecule has 4 nitrogen and oxygen atoms in total. The standard InChI is InChI=1S/C30H48O4/c1-25(2)12-13-27(5)14-15-30(24(33)34)18(19(27)16-25)8-9-21-28(6)11-10-22(32)26(3,4)23(28)20(31)17-29(21,30)7/h8,19-23,31-32H,9-17H2,1-7H3,(H,33,34)/t19-,20-,21-,22+,23?,27-,28-,29-,30-/m1/s1. The molecule has 9 atom stereocenters. The largest absolute Gasteiger partial charge is 0.481 e. The second-order valence-electron chi connectivity index (χ2n) is 15.3. The number of aliphatic hydroxyl groups excluding tert-OH is 2. The molecule has 5 aliphatic carbocycles. The van der Waals surface area contributed by atoms with Gasteiger partial charge in [-0.05, 0) is 103 Å². The predicted octanol–water partition coefficient (Wildman–Crippen LogP) is 6.20.